The summed E-state index contributed by atoms with van der Waals surface area (Å²) in [6.45, 7) is 36.5. The van der Waals surface area contributed by atoms with Crippen molar-refractivity contribution in [3.05, 3.63) is 92.5 Å². The van der Waals surface area contributed by atoms with Gasteiger partial charge in [0.15, 0.2) is 0 Å². The molecule has 0 saturated carbocycles. The Labute approximate surface area is 797 Å². The van der Waals surface area contributed by atoms with Gasteiger partial charge in [0.05, 0.1) is 56.1 Å². The number of aromatic nitrogens is 6. The van der Waals surface area contributed by atoms with E-state index in [4.69, 9.17) is 37.8 Å². The molecule has 6 aliphatic heterocycles. The highest BCUT2D eigenvalue weighted by molar-refractivity contribution is 9.10. The van der Waals surface area contributed by atoms with Crippen LogP contribution in [0, 0.1) is 61.3 Å². The van der Waals surface area contributed by atoms with E-state index in [1.54, 1.807) is 21.9 Å². The minimum absolute atomic E-state index is 0. The monoisotopic (exact) mass is 2090 g/mol. The molecule has 2 amide bonds. The lowest BCUT2D eigenvalue weighted by Gasteiger charge is -2.41. The minimum atomic E-state index is -3.26. The Morgan fingerprint density at radius 1 is 0.492 bits per heavy atom. The predicted octanol–water partition coefficient (Wildman–Crippen LogP) is 11.4. The molecular formula is C82H139Br2Cl3F3N19O14S5. The number of halogens is 8. The van der Waals surface area contributed by atoms with Crippen LogP contribution in [-0.4, -0.2) is 251 Å². The molecule has 14 N–H and O–H groups in total. The van der Waals surface area contributed by atoms with Crippen LogP contribution in [0.15, 0.2) is 64.3 Å². The van der Waals surface area contributed by atoms with Crippen LogP contribution < -0.4 is 50.8 Å². The lowest BCUT2D eigenvalue weighted by atomic mass is 9.82. The van der Waals surface area contributed by atoms with Crippen molar-refractivity contribution in [2.75, 3.05) is 153 Å². The number of nitrogens with two attached hydrogens (primary N) is 2. The first-order chi connectivity index (χ1) is 56.4. The van der Waals surface area contributed by atoms with Crippen molar-refractivity contribution in [2.45, 2.75) is 179 Å². The van der Waals surface area contributed by atoms with Crippen LogP contribution in [0.2, 0.25) is 5.15 Å². The molecule has 732 valence electrons. The Kier molecular flexibility index (Phi) is 50.3. The average Bonchev–Trinajstić information content (AvgIpc) is 0.783. The lowest BCUT2D eigenvalue weighted by molar-refractivity contribution is 0.00689. The summed E-state index contributed by atoms with van der Waals surface area (Å²) in [6.07, 6.45) is 20.4. The van der Waals surface area contributed by atoms with Gasteiger partial charge in [0.2, 0.25) is 40.1 Å². The van der Waals surface area contributed by atoms with Crippen LogP contribution in [0.5, 0.6) is 0 Å². The first-order valence-electron chi connectivity index (χ1n) is 40.7. The second-order valence-electron chi connectivity index (χ2n) is 36.9. The minimum Gasteiger partial charge on any atom is -0.444 e. The summed E-state index contributed by atoms with van der Waals surface area (Å²) in [5, 5.41) is 18.1. The number of hydrogen-bond acceptors (Lipinski definition) is 25. The van der Waals surface area contributed by atoms with Crippen molar-refractivity contribution >= 4 is 178 Å². The Morgan fingerprint density at radius 2 is 0.805 bits per heavy atom. The number of carbonyl (C=O) groups excluding carboxylic acids is 2. The summed E-state index contributed by atoms with van der Waals surface area (Å²) in [5.41, 5.74) is 11.7. The zero-order valence-electron chi connectivity index (χ0n) is 75.6. The number of likely N-dealkylation sites (tertiary alicyclic amines) is 2. The van der Waals surface area contributed by atoms with E-state index < -0.39 is 57.1 Å². The molecule has 46 heteroatoms. The molecule has 6 fully saturated rings. The van der Waals surface area contributed by atoms with E-state index in [0.29, 0.717) is 118 Å². The molecule has 0 bridgehead atoms. The van der Waals surface area contributed by atoms with Crippen molar-refractivity contribution in [1.29, 1.82) is 5.26 Å². The maximum Gasteiger partial charge on any atom is 0.410 e. The van der Waals surface area contributed by atoms with Crippen LogP contribution in [0.3, 0.4) is 0 Å². The van der Waals surface area contributed by atoms with Gasteiger partial charge in [0.25, 0.3) is 0 Å². The standard InChI is InChI=1S/C17H20FN5O2S.C16H20BrFN4O2S.C13H26N2O4S.C12H24N2O2.C8H3BrClFN2.C8H18N2O2S.C7H16N2.CH4.2ClH.2H2O.H2S/c1-17(9-22-26(2,24)25)4-3-5-23(10-17)16-13-6-12(8-19)14(18)7-15(13)20-11-21-16;1-16(8-21-25(2,23)24)4-3-5-22(9-16)15-11-6-12(17)13(18)7-14(11)19-10-20-15;1-12(2,3)19-11(16)15-8-6-7-13(4,10-15)9-14-20(5,17)18;1-11(2,3)16-10(15)14-7-5-6-12(4,8-13)9-14;9-5-1-4-7(2-6(5)11)12-3-13-8(4)10;1-8(4-3-5-9-6-8)7-10-13(2,11)12;1-7(5-8)3-2-4-9-6-7;;;;;;/h6-7,11,22H,3-5,9-10H2,1-2H3;6-7,10,21H,3-5,8-9H2,1-2H3;14H,6-10H2,1-5H3;5-9,13H2,1-4H3;1-3H;9-10H,3-7H2,1-2H3;9H,2-6,8H2,1H3;1H4;2*1H;3*1H2. The number of amides is 2. The Balaban J connectivity index is 0.00000149. The molecule has 0 aliphatic carbocycles. The Bertz CT molecular complexity index is 5080. The third-order valence-electron chi connectivity index (χ3n) is 21.5. The van der Waals surface area contributed by atoms with Crippen LogP contribution in [0.1, 0.15) is 173 Å². The van der Waals surface area contributed by atoms with Gasteiger partial charge in [0, 0.05) is 126 Å². The molecule has 12 rings (SSSR count). The first-order valence-corrected chi connectivity index (χ1v) is 50.2. The highest BCUT2D eigenvalue weighted by atomic mass is 79.9. The fourth-order valence-corrected chi connectivity index (χ4v) is 18.0. The number of rotatable bonds is 16. The summed E-state index contributed by atoms with van der Waals surface area (Å²) in [5.74, 6) is 0.0542. The quantitative estimate of drug-likeness (QED) is 0.0417. The molecule has 0 radical (unpaired) electrons. The van der Waals surface area contributed by atoms with Gasteiger partial charge in [-0.15, -0.1) is 24.8 Å². The van der Waals surface area contributed by atoms with E-state index in [0.717, 1.165) is 134 Å². The van der Waals surface area contributed by atoms with Gasteiger partial charge in [-0.05, 0) is 227 Å². The summed E-state index contributed by atoms with van der Waals surface area (Å²) in [4.78, 5) is 56.3. The van der Waals surface area contributed by atoms with E-state index in [-0.39, 0.29) is 113 Å². The summed E-state index contributed by atoms with van der Waals surface area (Å²) >= 11 is 12.1. The third-order valence-corrected chi connectivity index (χ3v) is 25.7. The van der Waals surface area contributed by atoms with Gasteiger partial charge >= 0.3 is 12.2 Å². The number of carbonyl (C=O) groups is 2. The smallest absolute Gasteiger partial charge is 0.410 e. The largest absolute Gasteiger partial charge is 0.444 e. The molecular weight excluding hydrogens is 1960 g/mol. The fourth-order valence-electron chi connectivity index (χ4n) is 14.7. The maximum atomic E-state index is 13.9. The molecule has 3 aromatic heterocycles. The molecule has 6 aliphatic rings. The molecule has 6 saturated heterocycles. The molecule has 33 nitrogen and oxygen atoms in total. The number of hydrogen-bond donors (Lipinski definition) is 8. The number of piperidine rings is 6. The molecule has 0 spiro atoms. The second kappa shape index (κ2) is 52.5. The normalized spacial score (nSPS) is 22.4. The SMILES string of the molecule is C.CC1(CN)CCCN(C(=O)OC(C)(C)C)C1.CC1(CN)CCCNC1.CC1(CNS(C)(=O)=O)CCCN(C(=O)OC(C)(C)C)C1.CC1(CNS(C)(=O)=O)CCCN(c2ncnc3cc(F)c(Br)cc23)C1.CC1(CNS(C)(=O)=O)CCCN(c2ncnc3cc(F)c(C#N)cc23)C1.CC1(CNS(C)(=O)=O)CCCNC1.Cl.Cl.Fc1cc2ncnc(Cl)c2cc1Br.O.O.S. The first kappa shape index (κ1) is 123. The van der Waals surface area contributed by atoms with Crippen molar-refractivity contribution in [3.8, 4) is 6.07 Å². The van der Waals surface area contributed by atoms with Crippen molar-refractivity contribution in [1.82, 2.24) is 69.2 Å². The summed E-state index contributed by atoms with van der Waals surface area (Å²) in [7, 11) is -12.7. The number of anilines is 2. The zero-order chi connectivity index (χ0) is 91.3. The van der Waals surface area contributed by atoms with Crippen LogP contribution >= 0.6 is 81.8 Å². The van der Waals surface area contributed by atoms with Gasteiger partial charge in [0.1, 0.15) is 70.5 Å². The molecule has 3 aromatic carbocycles. The number of nitrogens with one attached hydrogen (secondary N) is 6. The van der Waals surface area contributed by atoms with Gasteiger partial charge in [-0.1, -0.05) is 60.6 Å². The van der Waals surface area contributed by atoms with Crippen LogP contribution in [0.25, 0.3) is 32.7 Å². The highest BCUT2D eigenvalue weighted by Gasteiger charge is 2.39. The molecule has 6 aromatic rings. The third kappa shape index (κ3) is 42.1. The number of nitriles is 1. The van der Waals surface area contributed by atoms with Crippen LogP contribution in [-0.2, 0) is 49.6 Å². The Hall–Kier alpha value is -5.32. The van der Waals surface area contributed by atoms with E-state index in [1.165, 1.54) is 75.1 Å². The van der Waals surface area contributed by atoms with Gasteiger partial charge in [-0.3, -0.25) is 0 Å². The maximum absolute atomic E-state index is 13.9. The number of sulfonamides is 4. The Morgan fingerprint density at radius 3 is 1.16 bits per heavy atom. The van der Waals surface area contributed by atoms with Crippen LogP contribution in [0.4, 0.5) is 34.4 Å². The molecule has 9 heterocycles. The predicted molar refractivity (Wildman–Crippen MR) is 522 cm³/mol. The average molecular weight is 2100 g/mol. The number of fused-ring (bicyclic) bond motifs is 3. The second-order valence-corrected chi connectivity index (χ2v) is 46.3. The number of benzene rings is 3. The van der Waals surface area contributed by atoms with E-state index in [1.807, 2.05) is 61.5 Å². The van der Waals surface area contributed by atoms with E-state index in [2.05, 4.69) is 129 Å². The van der Waals surface area contributed by atoms with Crippen molar-refractivity contribution in [2.24, 2.45) is 44.0 Å². The zero-order valence-corrected chi connectivity index (χ0v) is 85.4. The number of nitrogens with zero attached hydrogens (tertiary/aromatic N) is 11. The van der Waals surface area contributed by atoms with Crippen molar-refractivity contribution < 1.29 is 76.9 Å². The van der Waals surface area contributed by atoms with Gasteiger partial charge < -0.3 is 62.1 Å². The topological polar surface area (TPSA) is 490 Å². The van der Waals surface area contributed by atoms with Crippen molar-refractivity contribution in [3.63, 3.8) is 0 Å². The fraction of sp³-hybridized carbons (Fsp3) is 0.671. The molecule has 6 atom stereocenters. The summed E-state index contributed by atoms with van der Waals surface area (Å²) < 4.78 is 152. The number of ether oxygens (including phenoxy) is 2. The molecule has 128 heavy (non-hydrogen) atoms. The molecule has 6 unspecified atom stereocenters. The van der Waals surface area contributed by atoms with E-state index >= 15 is 0 Å². The van der Waals surface area contributed by atoms with E-state index in [9.17, 15) is 56.4 Å². The lowest BCUT2D eigenvalue weighted by Crippen LogP contribution is -2.50. The summed E-state index contributed by atoms with van der Waals surface area (Å²) in [6, 6.07) is 10.5. The van der Waals surface area contributed by atoms with Gasteiger partial charge in [-0.25, -0.2) is 105 Å². The highest BCUT2D eigenvalue weighted by Crippen LogP contribution is 2.39. The van der Waals surface area contributed by atoms with Gasteiger partial charge in [-0.2, -0.15) is 18.8 Å².